The van der Waals surface area contributed by atoms with Gasteiger partial charge in [0, 0.05) is 49.7 Å². The number of rotatable bonds is 7. The molecule has 0 atom stereocenters. The summed E-state index contributed by atoms with van der Waals surface area (Å²) in [5.74, 6) is 0.707. The first-order chi connectivity index (χ1) is 17.0. The smallest absolute Gasteiger partial charge is 0.251 e. The minimum absolute atomic E-state index is 0.111. The molecule has 8 nitrogen and oxygen atoms in total. The van der Waals surface area contributed by atoms with Gasteiger partial charge in [0.25, 0.3) is 5.91 Å². The van der Waals surface area contributed by atoms with Crippen LogP contribution in [0.2, 0.25) is 0 Å². The first-order valence-electron chi connectivity index (χ1n) is 12.0. The SMILES string of the molecule is CC1(C)CN(c2nc3cc(C(=O)NCCCn4ccnc4)ccc3nc2-c2ccccc2)CCO1. The molecule has 1 fully saturated rings. The van der Waals surface area contributed by atoms with E-state index < -0.39 is 0 Å². The van der Waals surface area contributed by atoms with Crippen molar-refractivity contribution in [1.82, 2.24) is 24.8 Å². The van der Waals surface area contributed by atoms with Gasteiger partial charge in [-0.05, 0) is 38.5 Å². The monoisotopic (exact) mass is 470 g/mol. The van der Waals surface area contributed by atoms with Gasteiger partial charge in [0.1, 0.15) is 5.69 Å². The van der Waals surface area contributed by atoms with E-state index in [4.69, 9.17) is 14.7 Å². The van der Waals surface area contributed by atoms with Crippen LogP contribution in [0.4, 0.5) is 5.82 Å². The maximum absolute atomic E-state index is 12.8. The van der Waals surface area contributed by atoms with Crippen molar-refractivity contribution < 1.29 is 9.53 Å². The number of morpholine rings is 1. The number of hydrogen-bond acceptors (Lipinski definition) is 6. The molecule has 35 heavy (non-hydrogen) atoms. The Labute approximate surface area is 205 Å². The van der Waals surface area contributed by atoms with Crippen LogP contribution >= 0.6 is 0 Å². The number of amides is 1. The second-order valence-corrected chi connectivity index (χ2v) is 9.41. The number of aryl methyl sites for hydroxylation is 1. The van der Waals surface area contributed by atoms with E-state index in [0.717, 1.165) is 42.1 Å². The third kappa shape index (κ3) is 5.33. The summed E-state index contributed by atoms with van der Waals surface area (Å²) in [6.45, 7) is 7.65. The Morgan fingerprint density at radius 2 is 1.97 bits per heavy atom. The number of imidazole rings is 1. The van der Waals surface area contributed by atoms with Crippen molar-refractivity contribution >= 4 is 22.8 Å². The van der Waals surface area contributed by atoms with Gasteiger partial charge in [-0.1, -0.05) is 30.3 Å². The number of nitrogens with zero attached hydrogens (tertiary/aromatic N) is 5. The third-order valence-corrected chi connectivity index (χ3v) is 6.12. The number of anilines is 1. The summed E-state index contributed by atoms with van der Waals surface area (Å²) in [6.07, 6.45) is 6.28. The van der Waals surface area contributed by atoms with Crippen LogP contribution in [0.25, 0.3) is 22.3 Å². The Balaban J connectivity index is 1.42. The lowest BCUT2D eigenvalue weighted by Gasteiger charge is -2.39. The zero-order valence-corrected chi connectivity index (χ0v) is 20.1. The highest BCUT2D eigenvalue weighted by Crippen LogP contribution is 2.32. The molecule has 0 radical (unpaired) electrons. The molecular weight excluding hydrogens is 440 g/mol. The zero-order valence-electron chi connectivity index (χ0n) is 20.1. The average Bonchev–Trinajstić information content (AvgIpc) is 3.39. The van der Waals surface area contributed by atoms with E-state index in [1.165, 1.54) is 0 Å². The molecular formula is C27H30N6O2. The van der Waals surface area contributed by atoms with Crippen molar-refractivity contribution in [2.24, 2.45) is 0 Å². The predicted molar refractivity (Wildman–Crippen MR) is 136 cm³/mol. The van der Waals surface area contributed by atoms with E-state index in [0.29, 0.717) is 30.8 Å². The van der Waals surface area contributed by atoms with Crippen molar-refractivity contribution in [1.29, 1.82) is 0 Å². The molecule has 180 valence electrons. The number of aromatic nitrogens is 4. The third-order valence-electron chi connectivity index (χ3n) is 6.12. The Kier molecular flexibility index (Phi) is 6.46. The van der Waals surface area contributed by atoms with Gasteiger partial charge in [0.2, 0.25) is 0 Å². The van der Waals surface area contributed by atoms with Crippen LogP contribution in [0, 0.1) is 0 Å². The van der Waals surface area contributed by atoms with Crippen LogP contribution in [-0.2, 0) is 11.3 Å². The standard InChI is InChI=1S/C27H30N6O2/c1-27(2)18-33(15-16-35-27)25-24(20-7-4-3-5-8-20)30-22-10-9-21(17-23(22)31-25)26(34)29-11-6-13-32-14-12-28-19-32/h3-5,7-10,12,14,17,19H,6,11,13,15-16,18H2,1-2H3,(H,29,34). The van der Waals surface area contributed by atoms with Gasteiger partial charge < -0.3 is 19.5 Å². The second-order valence-electron chi connectivity index (χ2n) is 9.41. The van der Waals surface area contributed by atoms with E-state index in [1.54, 1.807) is 12.5 Å². The Morgan fingerprint density at radius 3 is 2.74 bits per heavy atom. The average molecular weight is 471 g/mol. The highest BCUT2D eigenvalue weighted by Gasteiger charge is 2.30. The molecule has 1 saturated heterocycles. The fourth-order valence-corrected chi connectivity index (χ4v) is 4.38. The molecule has 4 aromatic rings. The molecule has 2 aromatic heterocycles. The normalized spacial score (nSPS) is 15.3. The Hall–Kier alpha value is -3.78. The van der Waals surface area contributed by atoms with Gasteiger partial charge in [0.05, 0.1) is 29.6 Å². The molecule has 3 heterocycles. The van der Waals surface area contributed by atoms with E-state index >= 15 is 0 Å². The van der Waals surface area contributed by atoms with E-state index in [-0.39, 0.29) is 11.5 Å². The molecule has 0 unspecified atom stereocenters. The summed E-state index contributed by atoms with van der Waals surface area (Å²) in [5, 5.41) is 3.00. The molecule has 0 aliphatic carbocycles. The summed E-state index contributed by atoms with van der Waals surface area (Å²) in [4.78, 5) is 29.1. The fraction of sp³-hybridized carbons (Fsp3) is 0.333. The molecule has 0 saturated carbocycles. The lowest BCUT2D eigenvalue weighted by atomic mass is 10.1. The molecule has 0 bridgehead atoms. The van der Waals surface area contributed by atoms with Crippen molar-refractivity contribution in [3.05, 3.63) is 72.8 Å². The van der Waals surface area contributed by atoms with Crippen LogP contribution in [0.3, 0.4) is 0 Å². The van der Waals surface area contributed by atoms with Crippen LogP contribution in [0.5, 0.6) is 0 Å². The van der Waals surface area contributed by atoms with Crippen molar-refractivity contribution in [2.45, 2.75) is 32.4 Å². The topological polar surface area (TPSA) is 85.2 Å². The zero-order chi connectivity index (χ0) is 24.3. The summed E-state index contributed by atoms with van der Waals surface area (Å²) >= 11 is 0. The largest absolute Gasteiger partial charge is 0.372 e. The molecule has 8 heteroatoms. The Bertz CT molecular complexity index is 1300. The summed E-state index contributed by atoms with van der Waals surface area (Å²) in [7, 11) is 0. The van der Waals surface area contributed by atoms with Crippen LogP contribution in [0.15, 0.2) is 67.3 Å². The number of fused-ring (bicyclic) bond motifs is 1. The number of carbonyl (C=O) groups excluding carboxylic acids is 1. The molecule has 0 spiro atoms. The second kappa shape index (κ2) is 9.84. The quantitative estimate of drug-likeness (QED) is 0.412. The first kappa shape index (κ1) is 23.0. The maximum atomic E-state index is 12.8. The van der Waals surface area contributed by atoms with Crippen molar-refractivity contribution in [3.63, 3.8) is 0 Å². The summed E-state index contributed by atoms with van der Waals surface area (Å²) in [5.41, 5.74) is 3.62. The Morgan fingerprint density at radius 1 is 1.11 bits per heavy atom. The van der Waals surface area contributed by atoms with Crippen LogP contribution in [0.1, 0.15) is 30.6 Å². The van der Waals surface area contributed by atoms with Gasteiger partial charge >= 0.3 is 0 Å². The number of carbonyl (C=O) groups is 1. The fourth-order valence-electron chi connectivity index (χ4n) is 4.38. The van der Waals surface area contributed by atoms with Crippen LogP contribution < -0.4 is 10.2 Å². The summed E-state index contributed by atoms with van der Waals surface area (Å²) < 4.78 is 7.92. The van der Waals surface area contributed by atoms with Gasteiger partial charge in [-0.15, -0.1) is 0 Å². The minimum Gasteiger partial charge on any atom is -0.372 e. The lowest BCUT2D eigenvalue weighted by molar-refractivity contribution is -0.0278. The highest BCUT2D eigenvalue weighted by atomic mass is 16.5. The number of benzene rings is 2. The highest BCUT2D eigenvalue weighted by molar-refractivity contribution is 5.97. The van der Waals surface area contributed by atoms with Gasteiger partial charge in [-0.2, -0.15) is 0 Å². The van der Waals surface area contributed by atoms with Gasteiger partial charge in [-0.25, -0.2) is 15.0 Å². The van der Waals surface area contributed by atoms with Gasteiger partial charge in [0.15, 0.2) is 5.82 Å². The molecule has 2 aromatic carbocycles. The molecule has 1 aliphatic heterocycles. The maximum Gasteiger partial charge on any atom is 0.251 e. The number of hydrogen-bond donors (Lipinski definition) is 1. The molecule has 1 amide bonds. The first-order valence-corrected chi connectivity index (χ1v) is 12.0. The molecule has 1 N–H and O–H groups in total. The predicted octanol–water partition coefficient (Wildman–Crippen LogP) is 3.93. The van der Waals surface area contributed by atoms with E-state index in [1.807, 2.05) is 47.2 Å². The lowest BCUT2D eigenvalue weighted by Crippen LogP contribution is -2.48. The van der Waals surface area contributed by atoms with Crippen molar-refractivity contribution in [2.75, 3.05) is 31.1 Å². The van der Waals surface area contributed by atoms with E-state index in [9.17, 15) is 4.79 Å². The summed E-state index contributed by atoms with van der Waals surface area (Å²) in [6, 6.07) is 15.6. The number of ether oxygens (including phenoxy) is 1. The molecule has 1 aliphatic rings. The van der Waals surface area contributed by atoms with Crippen LogP contribution in [-0.4, -0.2) is 57.3 Å². The molecule has 5 rings (SSSR count). The number of nitrogens with one attached hydrogen (secondary N) is 1. The van der Waals surface area contributed by atoms with Gasteiger partial charge in [-0.3, -0.25) is 4.79 Å². The van der Waals surface area contributed by atoms with Crippen molar-refractivity contribution in [3.8, 4) is 11.3 Å². The minimum atomic E-state index is -0.276. The van der Waals surface area contributed by atoms with E-state index in [2.05, 4.69) is 41.2 Å².